The first kappa shape index (κ1) is 14.2. The Morgan fingerprint density at radius 2 is 2.20 bits per heavy atom. The average molecular weight is 278 g/mol. The Labute approximate surface area is 116 Å². The number of hydrogen-bond acceptors (Lipinski definition) is 6. The van der Waals surface area contributed by atoms with Gasteiger partial charge in [-0.25, -0.2) is 0 Å². The SMILES string of the molecule is CC(C)(C)CC(CNc1cncc2nnnn12)C(=O)O. The molecule has 0 amide bonds. The molecule has 0 bridgehead atoms. The van der Waals surface area contributed by atoms with E-state index in [1.54, 1.807) is 6.20 Å². The zero-order chi connectivity index (χ0) is 14.8. The van der Waals surface area contributed by atoms with Gasteiger partial charge in [0.1, 0.15) is 5.82 Å². The van der Waals surface area contributed by atoms with Gasteiger partial charge < -0.3 is 10.4 Å². The summed E-state index contributed by atoms with van der Waals surface area (Å²) in [5.74, 6) is -0.723. The molecule has 0 saturated heterocycles. The van der Waals surface area contributed by atoms with Crippen molar-refractivity contribution < 1.29 is 9.90 Å². The van der Waals surface area contributed by atoms with Crippen LogP contribution in [-0.4, -0.2) is 42.6 Å². The van der Waals surface area contributed by atoms with Gasteiger partial charge in [0.25, 0.3) is 0 Å². The smallest absolute Gasteiger partial charge is 0.308 e. The van der Waals surface area contributed by atoms with Crippen LogP contribution in [0.1, 0.15) is 27.2 Å². The number of nitrogens with zero attached hydrogens (tertiary/aromatic N) is 5. The van der Waals surface area contributed by atoms with Crippen molar-refractivity contribution in [3.05, 3.63) is 12.4 Å². The van der Waals surface area contributed by atoms with Crippen molar-refractivity contribution in [1.29, 1.82) is 0 Å². The van der Waals surface area contributed by atoms with Gasteiger partial charge in [-0.15, -0.1) is 5.10 Å². The van der Waals surface area contributed by atoms with Crippen molar-refractivity contribution in [3.63, 3.8) is 0 Å². The molecule has 0 aliphatic heterocycles. The lowest BCUT2D eigenvalue weighted by atomic mass is 9.84. The molecule has 0 spiro atoms. The van der Waals surface area contributed by atoms with Crippen LogP contribution in [-0.2, 0) is 4.79 Å². The highest BCUT2D eigenvalue weighted by Gasteiger charge is 2.24. The molecular weight excluding hydrogens is 260 g/mol. The van der Waals surface area contributed by atoms with E-state index in [2.05, 4.69) is 25.8 Å². The summed E-state index contributed by atoms with van der Waals surface area (Å²) < 4.78 is 1.49. The number of fused-ring (bicyclic) bond motifs is 1. The minimum Gasteiger partial charge on any atom is -0.481 e. The van der Waals surface area contributed by atoms with Crippen LogP contribution in [0.2, 0.25) is 0 Å². The van der Waals surface area contributed by atoms with E-state index in [1.165, 1.54) is 10.7 Å². The van der Waals surface area contributed by atoms with Crippen molar-refractivity contribution in [3.8, 4) is 0 Å². The summed E-state index contributed by atoms with van der Waals surface area (Å²) in [6.45, 7) is 6.36. The predicted molar refractivity (Wildman–Crippen MR) is 72.3 cm³/mol. The first-order chi connectivity index (χ1) is 9.37. The fourth-order valence-electron chi connectivity index (χ4n) is 2.01. The standard InChI is InChI=1S/C12H18N6O2/c1-12(2,3)4-8(11(19)20)5-14-9-6-13-7-10-15-16-17-18(9)10/h6-8,14H,4-5H2,1-3H3,(H,19,20). The number of carboxylic acid groups (broad SMARTS) is 1. The molecular formula is C12H18N6O2. The molecule has 2 aromatic heterocycles. The molecule has 0 fully saturated rings. The van der Waals surface area contributed by atoms with Gasteiger partial charge in [0.05, 0.1) is 18.3 Å². The van der Waals surface area contributed by atoms with Crippen molar-refractivity contribution in [1.82, 2.24) is 25.0 Å². The van der Waals surface area contributed by atoms with Crippen LogP contribution in [0.4, 0.5) is 5.82 Å². The fraction of sp³-hybridized carbons (Fsp3) is 0.583. The minimum absolute atomic E-state index is 0.0518. The van der Waals surface area contributed by atoms with Crippen LogP contribution in [0.15, 0.2) is 12.4 Å². The van der Waals surface area contributed by atoms with E-state index in [0.717, 1.165) is 0 Å². The monoisotopic (exact) mass is 278 g/mol. The number of carboxylic acids is 1. The molecule has 0 aromatic carbocycles. The second kappa shape index (κ2) is 5.40. The minimum atomic E-state index is -0.815. The van der Waals surface area contributed by atoms with Gasteiger partial charge in [-0.05, 0) is 22.3 Å². The molecule has 8 nitrogen and oxygen atoms in total. The van der Waals surface area contributed by atoms with Crippen LogP contribution >= 0.6 is 0 Å². The highest BCUT2D eigenvalue weighted by molar-refractivity contribution is 5.70. The van der Waals surface area contributed by atoms with Crippen molar-refractivity contribution in [2.75, 3.05) is 11.9 Å². The summed E-state index contributed by atoms with van der Waals surface area (Å²) in [6.07, 6.45) is 3.68. The average Bonchev–Trinajstić information content (AvgIpc) is 2.81. The first-order valence-electron chi connectivity index (χ1n) is 6.35. The number of carbonyl (C=O) groups is 1. The van der Waals surface area contributed by atoms with Crippen LogP contribution in [0, 0.1) is 11.3 Å². The van der Waals surface area contributed by atoms with Crippen LogP contribution < -0.4 is 5.32 Å². The molecule has 0 aliphatic rings. The summed E-state index contributed by atoms with van der Waals surface area (Å²) in [4.78, 5) is 15.3. The van der Waals surface area contributed by atoms with Gasteiger partial charge >= 0.3 is 5.97 Å². The quantitative estimate of drug-likeness (QED) is 0.842. The molecule has 8 heteroatoms. The lowest BCUT2D eigenvalue weighted by Crippen LogP contribution is -2.28. The third kappa shape index (κ3) is 3.40. The van der Waals surface area contributed by atoms with Gasteiger partial charge in [0.15, 0.2) is 5.65 Å². The number of rotatable bonds is 5. The Balaban J connectivity index is 2.09. The zero-order valence-corrected chi connectivity index (χ0v) is 11.7. The Morgan fingerprint density at radius 1 is 1.45 bits per heavy atom. The van der Waals surface area contributed by atoms with Gasteiger partial charge in [-0.1, -0.05) is 20.8 Å². The normalized spacial score (nSPS) is 13.3. The molecule has 0 aliphatic carbocycles. The maximum Gasteiger partial charge on any atom is 0.308 e. The first-order valence-corrected chi connectivity index (χ1v) is 6.35. The molecule has 0 radical (unpaired) electrons. The second-order valence-corrected chi connectivity index (χ2v) is 5.92. The summed E-state index contributed by atoms with van der Waals surface area (Å²) in [7, 11) is 0. The Kier molecular flexibility index (Phi) is 3.82. The highest BCUT2D eigenvalue weighted by Crippen LogP contribution is 2.24. The third-order valence-electron chi connectivity index (χ3n) is 2.85. The number of anilines is 1. The van der Waals surface area contributed by atoms with E-state index in [0.29, 0.717) is 24.4 Å². The molecule has 20 heavy (non-hydrogen) atoms. The molecule has 2 heterocycles. The van der Waals surface area contributed by atoms with E-state index in [4.69, 9.17) is 0 Å². The van der Waals surface area contributed by atoms with Crippen LogP contribution in [0.5, 0.6) is 0 Å². The Bertz CT molecular complexity index is 603. The van der Waals surface area contributed by atoms with Crippen LogP contribution in [0.3, 0.4) is 0 Å². The number of tetrazole rings is 1. The molecule has 2 N–H and O–H groups in total. The molecule has 2 rings (SSSR count). The summed E-state index contributed by atoms with van der Waals surface area (Å²) in [5, 5.41) is 23.5. The van der Waals surface area contributed by atoms with Gasteiger partial charge in [-0.3, -0.25) is 9.78 Å². The topological polar surface area (TPSA) is 105 Å². The fourth-order valence-corrected chi connectivity index (χ4v) is 2.01. The van der Waals surface area contributed by atoms with E-state index in [-0.39, 0.29) is 5.41 Å². The molecule has 0 saturated carbocycles. The lowest BCUT2D eigenvalue weighted by Gasteiger charge is -2.23. The summed E-state index contributed by atoms with van der Waals surface area (Å²) in [6, 6.07) is 0. The van der Waals surface area contributed by atoms with Gasteiger partial charge in [0, 0.05) is 6.54 Å². The number of aromatic nitrogens is 5. The number of hydrogen-bond donors (Lipinski definition) is 2. The number of aliphatic carboxylic acids is 1. The van der Waals surface area contributed by atoms with Crippen molar-refractivity contribution >= 4 is 17.4 Å². The molecule has 1 unspecified atom stereocenters. The second-order valence-electron chi connectivity index (χ2n) is 5.92. The van der Waals surface area contributed by atoms with E-state index < -0.39 is 11.9 Å². The van der Waals surface area contributed by atoms with E-state index in [1.807, 2.05) is 20.8 Å². The van der Waals surface area contributed by atoms with Gasteiger partial charge in [-0.2, -0.15) is 4.52 Å². The number of nitrogens with one attached hydrogen (secondary N) is 1. The predicted octanol–water partition coefficient (Wildman–Crippen LogP) is 1.07. The Hall–Kier alpha value is -2.25. The molecule has 1 atom stereocenters. The maximum atomic E-state index is 11.3. The van der Waals surface area contributed by atoms with E-state index >= 15 is 0 Å². The van der Waals surface area contributed by atoms with Crippen LogP contribution in [0.25, 0.3) is 5.65 Å². The third-order valence-corrected chi connectivity index (χ3v) is 2.85. The van der Waals surface area contributed by atoms with E-state index in [9.17, 15) is 9.90 Å². The molecule has 108 valence electrons. The van der Waals surface area contributed by atoms with Gasteiger partial charge in [0.2, 0.25) is 0 Å². The summed E-state index contributed by atoms with van der Waals surface area (Å²) in [5.41, 5.74) is 0.460. The molecule has 2 aromatic rings. The summed E-state index contributed by atoms with van der Waals surface area (Å²) >= 11 is 0. The zero-order valence-electron chi connectivity index (χ0n) is 11.7. The Morgan fingerprint density at radius 3 is 2.85 bits per heavy atom. The van der Waals surface area contributed by atoms with Crippen molar-refractivity contribution in [2.45, 2.75) is 27.2 Å². The maximum absolute atomic E-state index is 11.3. The largest absolute Gasteiger partial charge is 0.481 e. The van der Waals surface area contributed by atoms with Crippen molar-refractivity contribution in [2.24, 2.45) is 11.3 Å². The lowest BCUT2D eigenvalue weighted by molar-refractivity contribution is -0.142. The highest BCUT2D eigenvalue weighted by atomic mass is 16.4.